The lowest BCUT2D eigenvalue weighted by molar-refractivity contribution is -0.141. The second-order valence-electron chi connectivity index (χ2n) is 9.27. The molecule has 0 spiro atoms. The highest BCUT2D eigenvalue weighted by Crippen LogP contribution is 2.13. The van der Waals surface area contributed by atoms with Gasteiger partial charge in [0, 0.05) is 12.8 Å². The molecule has 3 atom stereocenters. The van der Waals surface area contributed by atoms with Crippen LogP contribution in [-0.2, 0) is 38.4 Å². The van der Waals surface area contributed by atoms with Crippen molar-refractivity contribution in [3.05, 3.63) is 95.6 Å². The number of carboxylic acid groups (broad SMARTS) is 1. The van der Waals surface area contributed by atoms with Crippen molar-refractivity contribution in [2.75, 3.05) is 6.54 Å². The highest BCUT2D eigenvalue weighted by molar-refractivity contribution is 5.92. The third kappa shape index (κ3) is 9.44. The fourth-order valence-corrected chi connectivity index (χ4v) is 3.92. The van der Waals surface area contributed by atoms with Gasteiger partial charge in [0.25, 0.3) is 0 Å². The minimum atomic E-state index is -1.27. The van der Waals surface area contributed by atoms with Gasteiger partial charge in [0.2, 0.25) is 17.7 Å². The van der Waals surface area contributed by atoms with Gasteiger partial charge >= 0.3 is 5.97 Å². The van der Waals surface area contributed by atoms with Crippen LogP contribution in [0.5, 0.6) is 11.5 Å². The van der Waals surface area contributed by atoms with Crippen LogP contribution in [0.4, 0.5) is 0 Å². The monoisotopic (exact) mass is 548 g/mol. The predicted octanol–water partition coefficient (Wildman–Crippen LogP) is 0.623. The van der Waals surface area contributed by atoms with Gasteiger partial charge in [-0.05, 0) is 47.4 Å². The number of nitrogens with two attached hydrogens (primary N) is 1. The normalized spacial score (nSPS) is 12.9. The summed E-state index contributed by atoms with van der Waals surface area (Å²) < 4.78 is 0. The van der Waals surface area contributed by atoms with Crippen LogP contribution >= 0.6 is 0 Å². The van der Waals surface area contributed by atoms with Gasteiger partial charge in [-0.1, -0.05) is 54.6 Å². The Labute approximate surface area is 231 Å². The Balaban J connectivity index is 1.62. The molecule has 0 heterocycles. The number of phenols is 2. The van der Waals surface area contributed by atoms with E-state index in [0.717, 1.165) is 5.56 Å². The molecule has 3 unspecified atom stereocenters. The van der Waals surface area contributed by atoms with Crippen molar-refractivity contribution >= 4 is 23.7 Å². The summed E-state index contributed by atoms with van der Waals surface area (Å²) >= 11 is 0. The average Bonchev–Trinajstić information content (AvgIpc) is 2.93. The van der Waals surface area contributed by atoms with Gasteiger partial charge in [-0.2, -0.15) is 0 Å². The molecule has 0 aliphatic carbocycles. The number of aromatic hydroxyl groups is 2. The number of aliphatic carboxylic acids is 1. The van der Waals surface area contributed by atoms with Gasteiger partial charge in [-0.3, -0.25) is 14.4 Å². The molecule has 3 amide bonds. The topological polar surface area (TPSA) is 191 Å². The first-order valence-corrected chi connectivity index (χ1v) is 12.6. The van der Waals surface area contributed by atoms with Crippen molar-refractivity contribution < 1.29 is 34.5 Å². The number of nitrogens with one attached hydrogen (secondary N) is 3. The Morgan fingerprint density at radius 3 is 1.68 bits per heavy atom. The van der Waals surface area contributed by atoms with E-state index in [1.807, 2.05) is 30.3 Å². The Bertz CT molecular complexity index is 1300. The van der Waals surface area contributed by atoms with Crippen LogP contribution in [0.15, 0.2) is 78.9 Å². The van der Waals surface area contributed by atoms with E-state index in [2.05, 4.69) is 16.0 Å². The Kier molecular flexibility index (Phi) is 10.6. The minimum absolute atomic E-state index is 0.0253. The van der Waals surface area contributed by atoms with Crippen LogP contribution in [0, 0.1) is 0 Å². The first kappa shape index (κ1) is 29.7. The number of rotatable bonds is 13. The molecule has 0 fully saturated rings. The second kappa shape index (κ2) is 14.3. The fraction of sp³-hybridized carbons (Fsp3) is 0.241. The van der Waals surface area contributed by atoms with Crippen molar-refractivity contribution in [2.24, 2.45) is 5.73 Å². The zero-order chi connectivity index (χ0) is 29.1. The van der Waals surface area contributed by atoms with Crippen molar-refractivity contribution in [3.63, 3.8) is 0 Å². The molecular formula is C29H32N4O7. The molecule has 0 aliphatic heterocycles. The summed E-state index contributed by atoms with van der Waals surface area (Å²) in [6.07, 6.45) is 0.268. The van der Waals surface area contributed by atoms with Crippen molar-refractivity contribution in [1.29, 1.82) is 0 Å². The lowest BCUT2D eigenvalue weighted by Crippen LogP contribution is -2.54. The Morgan fingerprint density at radius 1 is 0.650 bits per heavy atom. The molecule has 0 saturated heterocycles. The summed E-state index contributed by atoms with van der Waals surface area (Å²) in [5.41, 5.74) is 8.15. The molecule has 0 bridgehead atoms. The summed E-state index contributed by atoms with van der Waals surface area (Å²) in [6, 6.07) is 17.8. The maximum Gasteiger partial charge on any atom is 0.326 e. The molecule has 40 heavy (non-hydrogen) atoms. The summed E-state index contributed by atoms with van der Waals surface area (Å²) in [7, 11) is 0. The highest BCUT2D eigenvalue weighted by Gasteiger charge is 2.26. The molecule has 3 rings (SSSR count). The van der Waals surface area contributed by atoms with Crippen LogP contribution in [-0.4, -0.2) is 63.7 Å². The number of carboxylic acids is 1. The molecule has 210 valence electrons. The molecule has 0 saturated carbocycles. The van der Waals surface area contributed by atoms with Gasteiger partial charge in [-0.15, -0.1) is 0 Å². The molecule has 3 aromatic carbocycles. The third-order valence-corrected chi connectivity index (χ3v) is 6.08. The molecule has 0 radical (unpaired) electrons. The average molecular weight is 549 g/mol. The van der Waals surface area contributed by atoms with E-state index < -0.39 is 48.4 Å². The zero-order valence-electron chi connectivity index (χ0n) is 21.6. The van der Waals surface area contributed by atoms with E-state index in [0.29, 0.717) is 11.1 Å². The van der Waals surface area contributed by atoms with Gasteiger partial charge in [0.15, 0.2) is 0 Å². The zero-order valence-corrected chi connectivity index (χ0v) is 21.6. The summed E-state index contributed by atoms with van der Waals surface area (Å²) in [5, 5.41) is 35.9. The van der Waals surface area contributed by atoms with Gasteiger partial charge in [0.05, 0.1) is 12.6 Å². The molecular weight excluding hydrogens is 516 g/mol. The van der Waals surface area contributed by atoms with Gasteiger partial charge in [0.1, 0.15) is 23.6 Å². The van der Waals surface area contributed by atoms with Crippen molar-refractivity contribution in [2.45, 2.75) is 37.4 Å². The van der Waals surface area contributed by atoms with Crippen LogP contribution in [0.2, 0.25) is 0 Å². The summed E-state index contributed by atoms with van der Waals surface area (Å²) in [6.45, 7) is -0.532. The predicted molar refractivity (Wildman–Crippen MR) is 146 cm³/mol. The molecule has 11 heteroatoms. The van der Waals surface area contributed by atoms with Crippen LogP contribution < -0.4 is 21.7 Å². The largest absolute Gasteiger partial charge is 0.508 e. The van der Waals surface area contributed by atoms with Crippen molar-refractivity contribution in [1.82, 2.24) is 16.0 Å². The Morgan fingerprint density at radius 2 is 1.15 bits per heavy atom. The number of carbonyl (C=O) groups is 4. The Hall–Kier alpha value is -4.90. The van der Waals surface area contributed by atoms with Crippen LogP contribution in [0.25, 0.3) is 0 Å². The molecule has 8 N–H and O–H groups in total. The maximum absolute atomic E-state index is 13.0. The standard InChI is InChI=1S/C29H32N4O7/c30-23(14-18-4-2-1-3-5-18)27(37)33-24(15-19-6-10-21(34)11-7-19)28(38)31-17-26(36)32-25(29(39)40)16-20-8-12-22(35)13-9-20/h1-13,23-25,34-35H,14-17,30H2,(H,31,38)(H,32,36)(H,33,37)(H,39,40). The van der Waals surface area contributed by atoms with Crippen LogP contribution in [0.3, 0.4) is 0 Å². The first-order chi connectivity index (χ1) is 19.1. The maximum atomic E-state index is 13.0. The number of hydrogen-bond donors (Lipinski definition) is 7. The van der Waals surface area contributed by atoms with E-state index in [1.165, 1.54) is 36.4 Å². The summed E-state index contributed by atoms with van der Waals surface area (Å²) in [5.74, 6) is -3.18. The van der Waals surface area contributed by atoms with E-state index in [-0.39, 0.29) is 30.8 Å². The molecule has 0 aliphatic rings. The second-order valence-corrected chi connectivity index (χ2v) is 9.27. The van der Waals surface area contributed by atoms with E-state index >= 15 is 0 Å². The first-order valence-electron chi connectivity index (χ1n) is 12.6. The number of hydrogen-bond acceptors (Lipinski definition) is 7. The molecule has 3 aromatic rings. The SMILES string of the molecule is NC(Cc1ccccc1)C(=O)NC(Cc1ccc(O)cc1)C(=O)NCC(=O)NC(Cc1ccc(O)cc1)C(=O)O. The minimum Gasteiger partial charge on any atom is -0.508 e. The fourth-order valence-electron chi connectivity index (χ4n) is 3.92. The van der Waals surface area contributed by atoms with Crippen molar-refractivity contribution in [3.8, 4) is 11.5 Å². The van der Waals surface area contributed by atoms with Gasteiger partial charge < -0.3 is 37.0 Å². The highest BCUT2D eigenvalue weighted by atomic mass is 16.4. The summed E-state index contributed by atoms with van der Waals surface area (Å²) in [4.78, 5) is 50.0. The van der Waals surface area contributed by atoms with Gasteiger partial charge in [-0.25, -0.2) is 4.79 Å². The third-order valence-electron chi connectivity index (χ3n) is 6.08. The van der Waals surface area contributed by atoms with E-state index in [9.17, 15) is 34.5 Å². The number of amides is 3. The van der Waals surface area contributed by atoms with E-state index in [4.69, 9.17) is 5.73 Å². The number of carbonyl (C=O) groups excluding carboxylic acids is 3. The lowest BCUT2D eigenvalue weighted by Gasteiger charge is -2.21. The molecule has 0 aromatic heterocycles. The van der Waals surface area contributed by atoms with E-state index in [1.54, 1.807) is 12.1 Å². The quantitative estimate of drug-likeness (QED) is 0.162. The lowest BCUT2D eigenvalue weighted by atomic mass is 10.0. The molecule has 11 nitrogen and oxygen atoms in total. The number of benzene rings is 3. The van der Waals surface area contributed by atoms with Crippen LogP contribution in [0.1, 0.15) is 16.7 Å². The smallest absolute Gasteiger partial charge is 0.326 e. The number of phenolic OH excluding ortho intramolecular Hbond substituents is 2.